The van der Waals surface area contributed by atoms with E-state index < -0.39 is 0 Å². The van der Waals surface area contributed by atoms with Crippen molar-refractivity contribution in [1.29, 1.82) is 0 Å². The minimum atomic E-state index is 0.216. The highest BCUT2D eigenvalue weighted by Crippen LogP contribution is 2.22. The molecule has 0 saturated heterocycles. The van der Waals surface area contributed by atoms with Crippen LogP contribution in [-0.2, 0) is 6.42 Å². The van der Waals surface area contributed by atoms with Crippen LogP contribution in [0.4, 0.5) is 0 Å². The van der Waals surface area contributed by atoms with Crippen LogP contribution in [0.25, 0.3) is 0 Å². The van der Waals surface area contributed by atoms with E-state index in [1.165, 1.54) is 0 Å². The first-order valence-electron chi connectivity index (χ1n) is 5.07. The van der Waals surface area contributed by atoms with E-state index in [-0.39, 0.29) is 11.3 Å². The monoisotopic (exact) mass is 196 g/mol. The SMILES string of the molecule is CC(CN)c1cnc(CC(C)(C)C)o1. The van der Waals surface area contributed by atoms with Crippen molar-refractivity contribution in [3.8, 4) is 0 Å². The fraction of sp³-hybridized carbons (Fsp3) is 0.727. The molecular formula is C11H20N2O. The number of hydrogen-bond acceptors (Lipinski definition) is 3. The quantitative estimate of drug-likeness (QED) is 0.807. The molecule has 0 radical (unpaired) electrons. The normalized spacial score (nSPS) is 14.4. The van der Waals surface area contributed by atoms with Crippen molar-refractivity contribution >= 4 is 0 Å². The van der Waals surface area contributed by atoms with E-state index in [4.69, 9.17) is 10.2 Å². The molecule has 0 aromatic carbocycles. The summed E-state index contributed by atoms with van der Waals surface area (Å²) in [6.07, 6.45) is 2.66. The van der Waals surface area contributed by atoms with Gasteiger partial charge in [0.25, 0.3) is 0 Å². The minimum Gasteiger partial charge on any atom is -0.445 e. The summed E-state index contributed by atoms with van der Waals surface area (Å²) < 4.78 is 5.62. The van der Waals surface area contributed by atoms with Crippen molar-refractivity contribution in [3.63, 3.8) is 0 Å². The van der Waals surface area contributed by atoms with Gasteiger partial charge >= 0.3 is 0 Å². The number of nitrogens with zero attached hydrogens (tertiary/aromatic N) is 1. The summed E-state index contributed by atoms with van der Waals surface area (Å²) in [5, 5.41) is 0. The lowest BCUT2D eigenvalue weighted by atomic mass is 9.92. The summed E-state index contributed by atoms with van der Waals surface area (Å²) in [6, 6.07) is 0. The Bertz CT molecular complexity index is 286. The Labute approximate surface area is 85.7 Å². The van der Waals surface area contributed by atoms with Gasteiger partial charge in [-0.05, 0) is 5.41 Å². The molecule has 0 aliphatic heterocycles. The summed E-state index contributed by atoms with van der Waals surface area (Å²) in [4.78, 5) is 4.25. The second-order valence-corrected chi connectivity index (χ2v) is 5.03. The van der Waals surface area contributed by atoms with Gasteiger partial charge < -0.3 is 10.2 Å². The standard InChI is InChI=1S/C11H20N2O/c1-8(6-12)9-7-13-10(14-9)5-11(2,3)4/h7-8H,5-6,12H2,1-4H3. The molecule has 2 N–H and O–H groups in total. The van der Waals surface area contributed by atoms with Gasteiger partial charge in [0.2, 0.25) is 0 Å². The van der Waals surface area contributed by atoms with Crippen LogP contribution < -0.4 is 5.73 Å². The summed E-state index contributed by atoms with van der Waals surface area (Å²) in [5.41, 5.74) is 5.77. The maximum absolute atomic E-state index is 5.62. The van der Waals surface area contributed by atoms with Crippen LogP contribution in [0.15, 0.2) is 10.6 Å². The zero-order valence-corrected chi connectivity index (χ0v) is 9.50. The lowest BCUT2D eigenvalue weighted by molar-refractivity contribution is 0.340. The molecule has 3 nitrogen and oxygen atoms in total. The number of rotatable bonds is 3. The first-order valence-corrected chi connectivity index (χ1v) is 5.07. The average molecular weight is 196 g/mol. The maximum Gasteiger partial charge on any atom is 0.194 e. The molecule has 1 rings (SSSR count). The van der Waals surface area contributed by atoms with Gasteiger partial charge in [-0.15, -0.1) is 0 Å². The van der Waals surface area contributed by atoms with Gasteiger partial charge in [0.1, 0.15) is 5.76 Å². The number of hydrogen-bond donors (Lipinski definition) is 1. The Balaban J connectivity index is 2.69. The highest BCUT2D eigenvalue weighted by molar-refractivity contribution is 5.01. The van der Waals surface area contributed by atoms with Gasteiger partial charge in [-0.3, -0.25) is 0 Å². The molecule has 1 unspecified atom stereocenters. The molecule has 1 heterocycles. The molecule has 3 heteroatoms. The van der Waals surface area contributed by atoms with Crippen molar-refractivity contribution in [3.05, 3.63) is 17.8 Å². The van der Waals surface area contributed by atoms with Crippen LogP contribution in [-0.4, -0.2) is 11.5 Å². The minimum absolute atomic E-state index is 0.216. The van der Waals surface area contributed by atoms with E-state index in [0.717, 1.165) is 18.1 Å². The van der Waals surface area contributed by atoms with Crippen molar-refractivity contribution < 1.29 is 4.42 Å². The summed E-state index contributed by atoms with van der Waals surface area (Å²) in [6.45, 7) is 9.15. The number of aromatic nitrogens is 1. The predicted molar refractivity (Wildman–Crippen MR) is 57.1 cm³/mol. The van der Waals surface area contributed by atoms with Crippen LogP contribution in [0.2, 0.25) is 0 Å². The topological polar surface area (TPSA) is 52.0 Å². The molecule has 0 bridgehead atoms. The molecule has 0 aliphatic rings. The molecular weight excluding hydrogens is 176 g/mol. The molecule has 1 atom stereocenters. The van der Waals surface area contributed by atoms with Crippen molar-refractivity contribution in [2.75, 3.05) is 6.54 Å². The lowest BCUT2D eigenvalue weighted by Crippen LogP contribution is -2.09. The second kappa shape index (κ2) is 4.13. The van der Waals surface area contributed by atoms with Gasteiger partial charge in [0.15, 0.2) is 5.89 Å². The molecule has 0 fully saturated rings. The van der Waals surface area contributed by atoms with E-state index in [0.29, 0.717) is 6.54 Å². The van der Waals surface area contributed by atoms with Crippen LogP contribution in [0.1, 0.15) is 45.3 Å². The zero-order valence-electron chi connectivity index (χ0n) is 9.50. The van der Waals surface area contributed by atoms with E-state index in [2.05, 4.69) is 25.8 Å². The van der Waals surface area contributed by atoms with E-state index in [1.54, 1.807) is 6.20 Å². The van der Waals surface area contributed by atoms with E-state index in [1.807, 2.05) is 6.92 Å². The smallest absolute Gasteiger partial charge is 0.194 e. The first kappa shape index (κ1) is 11.2. The highest BCUT2D eigenvalue weighted by Gasteiger charge is 2.16. The zero-order chi connectivity index (χ0) is 10.8. The second-order valence-electron chi connectivity index (χ2n) is 5.03. The molecule has 0 amide bonds. The molecule has 0 spiro atoms. The molecule has 0 aliphatic carbocycles. The Morgan fingerprint density at radius 3 is 2.64 bits per heavy atom. The summed E-state index contributed by atoms with van der Waals surface area (Å²) >= 11 is 0. The van der Waals surface area contributed by atoms with Gasteiger partial charge in [-0.25, -0.2) is 4.98 Å². The van der Waals surface area contributed by atoms with Crippen molar-refractivity contribution in [2.24, 2.45) is 11.1 Å². The van der Waals surface area contributed by atoms with Crippen LogP contribution in [0.5, 0.6) is 0 Å². The molecule has 0 saturated carbocycles. The Kier molecular flexibility index (Phi) is 3.32. The van der Waals surface area contributed by atoms with E-state index >= 15 is 0 Å². The summed E-state index contributed by atoms with van der Waals surface area (Å²) in [7, 11) is 0. The van der Waals surface area contributed by atoms with Gasteiger partial charge in [-0.1, -0.05) is 27.7 Å². The maximum atomic E-state index is 5.62. The third-order valence-electron chi connectivity index (χ3n) is 2.09. The Morgan fingerprint density at radius 1 is 1.50 bits per heavy atom. The lowest BCUT2D eigenvalue weighted by Gasteiger charge is -2.14. The first-order chi connectivity index (χ1) is 6.42. The number of nitrogens with two attached hydrogens (primary N) is 1. The summed E-state index contributed by atoms with van der Waals surface area (Å²) in [5.74, 6) is 1.97. The third-order valence-corrected chi connectivity index (χ3v) is 2.09. The predicted octanol–water partition coefficient (Wildman–Crippen LogP) is 2.33. The Hall–Kier alpha value is -0.830. The van der Waals surface area contributed by atoms with Gasteiger partial charge in [-0.2, -0.15) is 0 Å². The molecule has 14 heavy (non-hydrogen) atoms. The van der Waals surface area contributed by atoms with Crippen LogP contribution in [0, 0.1) is 5.41 Å². The molecule has 1 aromatic rings. The van der Waals surface area contributed by atoms with Crippen LogP contribution >= 0.6 is 0 Å². The van der Waals surface area contributed by atoms with Gasteiger partial charge in [0, 0.05) is 18.9 Å². The van der Waals surface area contributed by atoms with E-state index in [9.17, 15) is 0 Å². The molecule has 80 valence electrons. The highest BCUT2D eigenvalue weighted by atomic mass is 16.4. The van der Waals surface area contributed by atoms with Crippen molar-refractivity contribution in [2.45, 2.75) is 40.0 Å². The average Bonchev–Trinajstić information content (AvgIpc) is 2.48. The van der Waals surface area contributed by atoms with Crippen molar-refractivity contribution in [1.82, 2.24) is 4.98 Å². The fourth-order valence-electron chi connectivity index (χ4n) is 1.20. The Morgan fingerprint density at radius 2 is 2.14 bits per heavy atom. The fourth-order valence-corrected chi connectivity index (χ4v) is 1.20. The number of oxazole rings is 1. The van der Waals surface area contributed by atoms with Crippen LogP contribution in [0.3, 0.4) is 0 Å². The third kappa shape index (κ3) is 3.14. The molecule has 1 aromatic heterocycles. The largest absolute Gasteiger partial charge is 0.445 e. The van der Waals surface area contributed by atoms with Gasteiger partial charge in [0.05, 0.1) is 6.20 Å².